The second-order valence-electron chi connectivity index (χ2n) is 9.98. The highest BCUT2D eigenvalue weighted by Gasteiger charge is 2.49. The third kappa shape index (κ3) is 4.83. The standard InChI is InChI=1S/C32H22BrN5O3S2/c1-18-26(37-15-5-4-14-24(37)34-18)28(39)25-27(20-10-7-12-22(33)16-20)38(30(41)29(25)40)31-35-36-32(43-31)42-17-21-11-6-9-19-8-2-3-13-23(19)21/h2-16,27,39H,17H2,1H3/b28-25+. The summed E-state index contributed by atoms with van der Waals surface area (Å²) >= 11 is 6.27. The first kappa shape index (κ1) is 27.5. The Morgan fingerprint density at radius 1 is 1.00 bits per heavy atom. The summed E-state index contributed by atoms with van der Waals surface area (Å²) in [6, 6.07) is 26.3. The van der Waals surface area contributed by atoms with Crippen molar-refractivity contribution in [2.24, 2.45) is 0 Å². The normalized spacial score (nSPS) is 16.5. The molecule has 3 aromatic heterocycles. The van der Waals surface area contributed by atoms with Crippen molar-refractivity contribution in [2.45, 2.75) is 23.1 Å². The van der Waals surface area contributed by atoms with Crippen LogP contribution in [0.2, 0.25) is 0 Å². The molecular weight excluding hydrogens is 646 g/mol. The molecule has 11 heteroatoms. The van der Waals surface area contributed by atoms with Gasteiger partial charge < -0.3 is 5.11 Å². The smallest absolute Gasteiger partial charge is 0.301 e. The first-order valence-electron chi connectivity index (χ1n) is 13.3. The van der Waals surface area contributed by atoms with Crippen LogP contribution in [0.1, 0.15) is 28.6 Å². The quantitative estimate of drug-likeness (QED) is 0.0653. The number of halogens is 1. The van der Waals surface area contributed by atoms with Gasteiger partial charge in [0.15, 0.2) is 10.1 Å². The second-order valence-corrected chi connectivity index (χ2v) is 13.1. The number of aliphatic hydroxyl groups is 1. The zero-order valence-electron chi connectivity index (χ0n) is 22.6. The number of ketones is 1. The van der Waals surface area contributed by atoms with E-state index in [1.165, 1.54) is 33.4 Å². The van der Waals surface area contributed by atoms with Gasteiger partial charge in [-0.05, 0) is 53.1 Å². The highest BCUT2D eigenvalue weighted by atomic mass is 79.9. The average molecular weight is 669 g/mol. The molecule has 1 saturated heterocycles. The van der Waals surface area contributed by atoms with E-state index in [9.17, 15) is 14.7 Å². The van der Waals surface area contributed by atoms with Gasteiger partial charge in [-0.1, -0.05) is 99.7 Å². The van der Waals surface area contributed by atoms with Gasteiger partial charge in [0.05, 0.1) is 17.3 Å². The number of amides is 1. The lowest BCUT2D eigenvalue weighted by Crippen LogP contribution is -2.29. The predicted molar refractivity (Wildman–Crippen MR) is 172 cm³/mol. The van der Waals surface area contributed by atoms with Crippen molar-refractivity contribution >= 4 is 78.0 Å². The molecule has 1 fully saturated rings. The molecule has 4 heterocycles. The first-order chi connectivity index (χ1) is 20.9. The molecule has 0 saturated carbocycles. The lowest BCUT2D eigenvalue weighted by Gasteiger charge is -2.22. The molecule has 6 aromatic rings. The molecular formula is C32H22BrN5O3S2. The summed E-state index contributed by atoms with van der Waals surface area (Å²) in [6.45, 7) is 1.76. The Bertz CT molecular complexity index is 2100. The van der Waals surface area contributed by atoms with Crippen molar-refractivity contribution < 1.29 is 14.7 Å². The molecule has 1 N–H and O–H groups in total. The first-order valence-corrected chi connectivity index (χ1v) is 15.9. The number of aliphatic hydroxyl groups excluding tert-OH is 1. The van der Waals surface area contributed by atoms with Crippen LogP contribution in [0.3, 0.4) is 0 Å². The molecule has 1 atom stereocenters. The van der Waals surface area contributed by atoms with E-state index in [0.29, 0.717) is 32.7 Å². The minimum Gasteiger partial charge on any atom is -0.505 e. The van der Waals surface area contributed by atoms with Gasteiger partial charge in [0.25, 0.3) is 5.78 Å². The van der Waals surface area contributed by atoms with Crippen LogP contribution >= 0.6 is 39.0 Å². The maximum Gasteiger partial charge on any atom is 0.301 e. The van der Waals surface area contributed by atoms with Crippen molar-refractivity contribution in [2.75, 3.05) is 4.90 Å². The van der Waals surface area contributed by atoms with Gasteiger partial charge in [0.1, 0.15) is 11.3 Å². The van der Waals surface area contributed by atoms with Crippen molar-refractivity contribution in [3.63, 3.8) is 0 Å². The Balaban J connectivity index is 1.29. The van der Waals surface area contributed by atoms with Crippen molar-refractivity contribution in [1.29, 1.82) is 0 Å². The molecule has 0 spiro atoms. The Morgan fingerprint density at radius 2 is 1.79 bits per heavy atom. The zero-order chi connectivity index (χ0) is 29.7. The van der Waals surface area contributed by atoms with Crippen molar-refractivity contribution in [3.8, 4) is 0 Å². The fraction of sp³-hybridized carbons (Fsp3) is 0.0938. The lowest BCUT2D eigenvalue weighted by molar-refractivity contribution is -0.132. The monoisotopic (exact) mass is 667 g/mol. The summed E-state index contributed by atoms with van der Waals surface area (Å²) in [4.78, 5) is 33.2. The molecule has 3 aromatic carbocycles. The number of fused-ring (bicyclic) bond motifs is 2. The number of pyridine rings is 1. The Kier molecular flexibility index (Phi) is 7.08. The number of carbonyl (C=O) groups excluding carboxylic acids is 2. The summed E-state index contributed by atoms with van der Waals surface area (Å²) in [5.41, 5.74) is 3.28. The number of carbonyl (C=O) groups is 2. The minimum absolute atomic E-state index is 0.0305. The highest BCUT2D eigenvalue weighted by Crippen LogP contribution is 2.45. The van der Waals surface area contributed by atoms with Crippen LogP contribution in [-0.2, 0) is 15.3 Å². The number of benzene rings is 3. The summed E-state index contributed by atoms with van der Waals surface area (Å²) in [5, 5.41) is 23.0. The highest BCUT2D eigenvalue weighted by molar-refractivity contribution is 9.10. The average Bonchev–Trinajstić information content (AvgIpc) is 3.69. The minimum atomic E-state index is -0.921. The molecule has 8 nitrogen and oxygen atoms in total. The molecule has 0 radical (unpaired) electrons. The fourth-order valence-electron chi connectivity index (χ4n) is 5.46. The van der Waals surface area contributed by atoms with Crippen LogP contribution in [0, 0.1) is 6.92 Å². The summed E-state index contributed by atoms with van der Waals surface area (Å²) in [6.07, 6.45) is 1.76. The molecule has 1 amide bonds. The van der Waals surface area contributed by atoms with Crippen molar-refractivity contribution in [3.05, 3.63) is 124 Å². The fourth-order valence-corrected chi connectivity index (χ4v) is 7.75. The van der Waals surface area contributed by atoms with E-state index in [-0.39, 0.29) is 16.5 Å². The number of hydrogen-bond acceptors (Lipinski definition) is 8. The molecule has 212 valence electrons. The van der Waals surface area contributed by atoms with Crippen LogP contribution < -0.4 is 4.90 Å². The number of thioether (sulfide) groups is 1. The van der Waals surface area contributed by atoms with Crippen molar-refractivity contribution in [1.82, 2.24) is 19.6 Å². The second kappa shape index (κ2) is 11.1. The van der Waals surface area contributed by atoms with Crippen LogP contribution in [0.4, 0.5) is 5.13 Å². The number of imidazole rings is 1. The van der Waals surface area contributed by atoms with E-state index in [2.05, 4.69) is 55.4 Å². The summed E-state index contributed by atoms with van der Waals surface area (Å²) < 4.78 is 3.14. The molecule has 7 rings (SSSR count). The summed E-state index contributed by atoms with van der Waals surface area (Å²) in [5.74, 6) is -1.21. The molecule has 0 bridgehead atoms. The number of hydrogen-bond donors (Lipinski definition) is 1. The van der Waals surface area contributed by atoms with E-state index in [1.807, 2.05) is 60.7 Å². The Morgan fingerprint density at radius 3 is 2.65 bits per heavy atom. The lowest BCUT2D eigenvalue weighted by atomic mass is 9.96. The van der Waals surface area contributed by atoms with E-state index in [1.54, 1.807) is 17.5 Å². The van der Waals surface area contributed by atoms with Gasteiger partial charge in [-0.3, -0.25) is 18.9 Å². The van der Waals surface area contributed by atoms with E-state index >= 15 is 0 Å². The zero-order valence-corrected chi connectivity index (χ0v) is 25.9. The molecule has 1 aliphatic rings. The van der Waals surface area contributed by atoms with Crippen LogP contribution in [0.25, 0.3) is 22.2 Å². The van der Waals surface area contributed by atoms with E-state index in [0.717, 1.165) is 15.4 Å². The van der Waals surface area contributed by atoms with Gasteiger partial charge in [-0.15, -0.1) is 10.2 Å². The van der Waals surface area contributed by atoms with Gasteiger partial charge in [-0.25, -0.2) is 4.98 Å². The third-order valence-electron chi connectivity index (χ3n) is 7.37. The number of Topliss-reactive ketones (excluding diaryl/α,β-unsaturated/α-hetero) is 1. The maximum atomic E-state index is 13.7. The maximum absolute atomic E-state index is 13.7. The largest absolute Gasteiger partial charge is 0.505 e. The molecule has 0 aliphatic carbocycles. The topological polar surface area (TPSA) is 101 Å². The van der Waals surface area contributed by atoms with Crippen LogP contribution in [-0.4, -0.2) is 36.4 Å². The number of rotatable bonds is 6. The van der Waals surface area contributed by atoms with Gasteiger partial charge >= 0.3 is 5.91 Å². The van der Waals surface area contributed by atoms with Gasteiger partial charge in [0, 0.05) is 16.4 Å². The Labute approximate surface area is 262 Å². The van der Waals surface area contributed by atoms with Gasteiger partial charge in [0.2, 0.25) is 5.13 Å². The number of nitrogens with zero attached hydrogens (tertiary/aromatic N) is 5. The molecule has 43 heavy (non-hydrogen) atoms. The van der Waals surface area contributed by atoms with Crippen LogP contribution in [0.15, 0.2) is 106 Å². The Hall–Kier alpha value is -4.32. The number of aromatic nitrogens is 4. The van der Waals surface area contributed by atoms with E-state index in [4.69, 9.17) is 0 Å². The summed E-state index contributed by atoms with van der Waals surface area (Å²) in [7, 11) is 0. The number of aryl methyl sites for hydroxylation is 1. The van der Waals surface area contributed by atoms with E-state index < -0.39 is 17.7 Å². The predicted octanol–water partition coefficient (Wildman–Crippen LogP) is 7.33. The SMILES string of the molecule is Cc1nc2ccccn2c1/C(O)=C1\C(=O)C(=O)N(c2nnc(SCc3cccc4ccccc34)s2)C1c1cccc(Br)c1. The van der Waals surface area contributed by atoms with Gasteiger partial charge in [-0.2, -0.15) is 0 Å². The van der Waals surface area contributed by atoms with Crippen LogP contribution in [0.5, 0.6) is 0 Å². The molecule has 1 unspecified atom stereocenters. The number of anilines is 1. The molecule has 1 aliphatic heterocycles. The third-order valence-corrected chi connectivity index (χ3v) is 9.97.